The number of phenolic OH excluding ortho intramolecular Hbond substituents is 1. The molecule has 0 spiro atoms. The SMILES string of the molecule is CCCCOc1cc(CC)c(O)cc1C. The summed E-state index contributed by atoms with van der Waals surface area (Å²) in [7, 11) is 0. The summed E-state index contributed by atoms with van der Waals surface area (Å²) in [6.45, 7) is 6.89. The number of phenols is 1. The summed E-state index contributed by atoms with van der Waals surface area (Å²) in [6, 6.07) is 3.72. The van der Waals surface area contributed by atoms with Crippen molar-refractivity contribution in [3.05, 3.63) is 23.3 Å². The monoisotopic (exact) mass is 208 g/mol. The van der Waals surface area contributed by atoms with Gasteiger partial charge in [0, 0.05) is 0 Å². The third-order valence-corrected chi connectivity index (χ3v) is 2.51. The van der Waals surface area contributed by atoms with Crippen LogP contribution in [0.25, 0.3) is 0 Å². The number of hydrogen-bond donors (Lipinski definition) is 1. The number of benzene rings is 1. The van der Waals surface area contributed by atoms with E-state index in [1.54, 1.807) is 6.07 Å². The van der Waals surface area contributed by atoms with Crippen molar-refractivity contribution in [2.24, 2.45) is 0 Å². The Morgan fingerprint density at radius 3 is 2.60 bits per heavy atom. The topological polar surface area (TPSA) is 29.5 Å². The molecule has 0 amide bonds. The number of ether oxygens (including phenoxy) is 1. The van der Waals surface area contributed by atoms with Gasteiger partial charge in [-0.2, -0.15) is 0 Å². The molecule has 1 aromatic carbocycles. The zero-order valence-corrected chi connectivity index (χ0v) is 9.84. The first-order chi connectivity index (χ1) is 7.19. The molecule has 2 nitrogen and oxygen atoms in total. The van der Waals surface area contributed by atoms with E-state index in [1.807, 2.05) is 19.9 Å². The van der Waals surface area contributed by atoms with Gasteiger partial charge >= 0.3 is 0 Å². The third kappa shape index (κ3) is 3.15. The molecule has 1 N–H and O–H groups in total. The van der Waals surface area contributed by atoms with Gasteiger partial charge in [0.05, 0.1) is 6.61 Å². The third-order valence-electron chi connectivity index (χ3n) is 2.51. The summed E-state index contributed by atoms with van der Waals surface area (Å²) >= 11 is 0. The number of unbranched alkanes of at least 4 members (excludes halogenated alkanes) is 1. The lowest BCUT2D eigenvalue weighted by Crippen LogP contribution is -1.99. The lowest BCUT2D eigenvalue weighted by Gasteiger charge is -2.11. The molecule has 0 aliphatic heterocycles. The molecular weight excluding hydrogens is 188 g/mol. The fraction of sp³-hybridized carbons (Fsp3) is 0.538. The minimum absolute atomic E-state index is 0.373. The van der Waals surface area contributed by atoms with Crippen LogP contribution in [0.15, 0.2) is 12.1 Å². The molecule has 0 bridgehead atoms. The van der Waals surface area contributed by atoms with E-state index in [4.69, 9.17) is 4.74 Å². The van der Waals surface area contributed by atoms with Crippen molar-refractivity contribution in [2.75, 3.05) is 6.61 Å². The highest BCUT2D eigenvalue weighted by Crippen LogP contribution is 2.27. The highest BCUT2D eigenvalue weighted by atomic mass is 16.5. The maximum Gasteiger partial charge on any atom is 0.122 e. The van der Waals surface area contributed by atoms with E-state index in [-0.39, 0.29) is 0 Å². The Morgan fingerprint density at radius 1 is 1.27 bits per heavy atom. The molecule has 0 radical (unpaired) electrons. The zero-order chi connectivity index (χ0) is 11.3. The predicted molar refractivity (Wildman–Crippen MR) is 62.6 cm³/mol. The quantitative estimate of drug-likeness (QED) is 0.751. The second-order valence-corrected chi connectivity index (χ2v) is 3.80. The molecule has 0 saturated carbocycles. The molecule has 0 heterocycles. The number of aromatic hydroxyl groups is 1. The molecule has 2 heteroatoms. The molecule has 0 fully saturated rings. The van der Waals surface area contributed by atoms with Crippen LogP contribution in [-0.4, -0.2) is 11.7 Å². The van der Waals surface area contributed by atoms with Gasteiger partial charge in [-0.15, -0.1) is 0 Å². The average Bonchev–Trinajstić information content (AvgIpc) is 2.21. The Bertz CT molecular complexity index is 319. The minimum atomic E-state index is 0.373. The van der Waals surface area contributed by atoms with Gasteiger partial charge in [0.25, 0.3) is 0 Å². The number of rotatable bonds is 5. The lowest BCUT2D eigenvalue weighted by atomic mass is 10.1. The average molecular weight is 208 g/mol. The van der Waals surface area contributed by atoms with E-state index in [2.05, 4.69) is 6.92 Å². The first-order valence-electron chi connectivity index (χ1n) is 5.64. The Labute approximate surface area is 91.9 Å². The highest BCUT2D eigenvalue weighted by molar-refractivity contribution is 5.45. The molecule has 84 valence electrons. The summed E-state index contributed by atoms with van der Waals surface area (Å²) in [4.78, 5) is 0. The molecule has 0 unspecified atom stereocenters. The van der Waals surface area contributed by atoms with Crippen LogP contribution < -0.4 is 4.74 Å². The minimum Gasteiger partial charge on any atom is -0.508 e. The second-order valence-electron chi connectivity index (χ2n) is 3.80. The predicted octanol–water partition coefficient (Wildman–Crippen LogP) is 3.44. The van der Waals surface area contributed by atoms with Gasteiger partial charge in [0.15, 0.2) is 0 Å². The van der Waals surface area contributed by atoms with E-state index in [1.165, 1.54) is 0 Å². The van der Waals surface area contributed by atoms with Crippen LogP contribution >= 0.6 is 0 Å². The van der Waals surface area contributed by atoms with Gasteiger partial charge in [-0.3, -0.25) is 0 Å². The summed E-state index contributed by atoms with van der Waals surface area (Å²) in [6.07, 6.45) is 3.04. The van der Waals surface area contributed by atoms with Crippen LogP contribution in [0.3, 0.4) is 0 Å². The Kier molecular flexibility index (Phi) is 4.47. The van der Waals surface area contributed by atoms with Crippen LogP contribution in [0, 0.1) is 6.92 Å². The Balaban J connectivity index is 2.78. The maximum atomic E-state index is 9.63. The first kappa shape index (κ1) is 11.9. The van der Waals surface area contributed by atoms with Crippen molar-refractivity contribution < 1.29 is 9.84 Å². The Morgan fingerprint density at radius 2 is 2.00 bits per heavy atom. The molecule has 1 aromatic rings. The van der Waals surface area contributed by atoms with Crippen LogP contribution in [-0.2, 0) is 6.42 Å². The molecule has 1 rings (SSSR count). The lowest BCUT2D eigenvalue weighted by molar-refractivity contribution is 0.306. The normalized spacial score (nSPS) is 10.3. The molecular formula is C13H20O2. The smallest absolute Gasteiger partial charge is 0.122 e. The van der Waals surface area contributed by atoms with Crippen molar-refractivity contribution in [1.29, 1.82) is 0 Å². The van der Waals surface area contributed by atoms with Crippen molar-refractivity contribution in [3.63, 3.8) is 0 Å². The van der Waals surface area contributed by atoms with E-state index in [0.29, 0.717) is 5.75 Å². The standard InChI is InChI=1S/C13H20O2/c1-4-6-7-15-13-9-11(5-2)12(14)8-10(13)3/h8-9,14H,4-7H2,1-3H3. The van der Waals surface area contributed by atoms with Crippen LogP contribution in [0.2, 0.25) is 0 Å². The highest BCUT2D eigenvalue weighted by Gasteiger charge is 2.05. The van der Waals surface area contributed by atoms with Gasteiger partial charge in [0.1, 0.15) is 11.5 Å². The number of hydrogen-bond acceptors (Lipinski definition) is 2. The fourth-order valence-electron chi connectivity index (χ4n) is 1.48. The van der Waals surface area contributed by atoms with Crippen LogP contribution in [0.5, 0.6) is 11.5 Å². The van der Waals surface area contributed by atoms with Gasteiger partial charge < -0.3 is 9.84 Å². The zero-order valence-electron chi connectivity index (χ0n) is 9.84. The Hall–Kier alpha value is -1.18. The van der Waals surface area contributed by atoms with Crippen molar-refractivity contribution >= 4 is 0 Å². The summed E-state index contributed by atoms with van der Waals surface area (Å²) in [5.74, 6) is 1.27. The van der Waals surface area contributed by atoms with Gasteiger partial charge in [-0.1, -0.05) is 20.3 Å². The second kappa shape index (κ2) is 5.64. The molecule has 0 aliphatic rings. The van der Waals surface area contributed by atoms with E-state index < -0.39 is 0 Å². The van der Waals surface area contributed by atoms with E-state index in [0.717, 1.165) is 42.7 Å². The fourth-order valence-corrected chi connectivity index (χ4v) is 1.48. The molecule has 0 aromatic heterocycles. The largest absolute Gasteiger partial charge is 0.508 e. The summed E-state index contributed by atoms with van der Waals surface area (Å²) in [5.41, 5.74) is 1.95. The molecule has 0 saturated heterocycles. The first-order valence-corrected chi connectivity index (χ1v) is 5.64. The van der Waals surface area contributed by atoms with Gasteiger partial charge in [-0.05, 0) is 43.0 Å². The van der Waals surface area contributed by atoms with E-state index >= 15 is 0 Å². The molecule has 0 aliphatic carbocycles. The van der Waals surface area contributed by atoms with Crippen LogP contribution in [0.4, 0.5) is 0 Å². The van der Waals surface area contributed by atoms with E-state index in [9.17, 15) is 5.11 Å². The van der Waals surface area contributed by atoms with Crippen molar-refractivity contribution in [1.82, 2.24) is 0 Å². The van der Waals surface area contributed by atoms with Gasteiger partial charge in [-0.25, -0.2) is 0 Å². The molecule has 15 heavy (non-hydrogen) atoms. The maximum absolute atomic E-state index is 9.63. The molecule has 0 atom stereocenters. The van der Waals surface area contributed by atoms with Gasteiger partial charge in [0.2, 0.25) is 0 Å². The van der Waals surface area contributed by atoms with Crippen LogP contribution in [0.1, 0.15) is 37.8 Å². The summed E-state index contributed by atoms with van der Waals surface area (Å²) < 4.78 is 5.66. The number of aryl methyl sites for hydroxylation is 2. The summed E-state index contributed by atoms with van der Waals surface area (Å²) in [5, 5.41) is 9.63. The van der Waals surface area contributed by atoms with Crippen molar-refractivity contribution in [2.45, 2.75) is 40.0 Å². The van der Waals surface area contributed by atoms with Crippen molar-refractivity contribution in [3.8, 4) is 11.5 Å².